The molecule has 5 heteroatoms. The molecule has 108 valence electrons. The summed E-state index contributed by atoms with van der Waals surface area (Å²) in [6, 6.07) is 11.4. The van der Waals surface area contributed by atoms with Gasteiger partial charge in [0.2, 0.25) is 0 Å². The minimum atomic E-state index is -0.713. The van der Waals surface area contributed by atoms with E-state index in [9.17, 15) is 14.3 Å². The maximum atomic E-state index is 13.9. The number of halogens is 1. The molecule has 2 N–H and O–H groups in total. The van der Waals surface area contributed by atoms with E-state index in [1.165, 1.54) is 23.1 Å². The smallest absolute Gasteiger partial charge is 0.265 e. The van der Waals surface area contributed by atoms with E-state index in [4.69, 9.17) is 0 Å². The lowest BCUT2D eigenvalue weighted by molar-refractivity contribution is 0.0981. The van der Waals surface area contributed by atoms with Crippen molar-refractivity contribution in [3.63, 3.8) is 0 Å². The zero-order valence-electron chi connectivity index (χ0n) is 11.3. The summed E-state index contributed by atoms with van der Waals surface area (Å²) >= 11 is 0. The molecule has 0 unspecified atom stereocenters. The highest BCUT2D eigenvalue weighted by Crippen LogP contribution is 2.27. The predicted octanol–water partition coefficient (Wildman–Crippen LogP) is 2.28. The molecule has 21 heavy (non-hydrogen) atoms. The Morgan fingerprint density at radius 1 is 1.19 bits per heavy atom. The molecular weight excluding hydrogens is 271 g/mol. The van der Waals surface area contributed by atoms with Gasteiger partial charge in [-0.3, -0.25) is 4.79 Å². The molecular formula is C16H15FN2O2. The zero-order valence-corrected chi connectivity index (χ0v) is 11.3. The van der Waals surface area contributed by atoms with Crippen LogP contribution in [0, 0.1) is 5.82 Å². The lowest BCUT2D eigenvalue weighted by Crippen LogP contribution is -2.35. The monoisotopic (exact) mass is 286 g/mol. The highest BCUT2D eigenvalue weighted by molar-refractivity contribution is 6.08. The van der Waals surface area contributed by atoms with Gasteiger partial charge in [0, 0.05) is 25.3 Å². The number of hydrogen-bond donors (Lipinski definition) is 2. The van der Waals surface area contributed by atoms with Gasteiger partial charge < -0.3 is 15.3 Å². The van der Waals surface area contributed by atoms with Crippen LogP contribution in [0.2, 0.25) is 0 Å². The molecule has 0 fully saturated rings. The Bertz CT molecular complexity index is 667. The molecule has 0 radical (unpaired) electrons. The molecule has 0 saturated carbocycles. The van der Waals surface area contributed by atoms with Crippen molar-refractivity contribution < 1.29 is 14.3 Å². The SMILES string of the molecule is O=C(c1c(O)cccc1F)N1CCNCc2ccccc21. The Morgan fingerprint density at radius 2 is 2.00 bits per heavy atom. The third-order valence-corrected chi connectivity index (χ3v) is 3.56. The van der Waals surface area contributed by atoms with Gasteiger partial charge in [0.25, 0.3) is 5.91 Å². The van der Waals surface area contributed by atoms with Gasteiger partial charge >= 0.3 is 0 Å². The second-order valence-electron chi connectivity index (χ2n) is 4.90. The zero-order chi connectivity index (χ0) is 14.8. The Hall–Kier alpha value is -2.40. The molecule has 1 aliphatic rings. The fraction of sp³-hybridized carbons (Fsp3) is 0.188. The quantitative estimate of drug-likeness (QED) is 0.845. The van der Waals surface area contributed by atoms with Crippen LogP contribution in [0.15, 0.2) is 42.5 Å². The van der Waals surface area contributed by atoms with Crippen LogP contribution in [-0.2, 0) is 6.54 Å². The van der Waals surface area contributed by atoms with E-state index in [0.717, 1.165) is 11.3 Å². The van der Waals surface area contributed by atoms with Gasteiger partial charge in [-0.15, -0.1) is 0 Å². The van der Waals surface area contributed by atoms with Gasteiger partial charge in [0.05, 0.1) is 0 Å². The summed E-state index contributed by atoms with van der Waals surface area (Å²) < 4.78 is 13.9. The average Bonchev–Trinajstić information content (AvgIpc) is 2.69. The molecule has 0 spiro atoms. The molecule has 3 rings (SSSR count). The minimum absolute atomic E-state index is 0.283. The fourth-order valence-corrected chi connectivity index (χ4v) is 2.53. The maximum absolute atomic E-state index is 13.9. The summed E-state index contributed by atoms with van der Waals surface area (Å²) in [5.41, 5.74) is 1.43. The Morgan fingerprint density at radius 3 is 2.81 bits per heavy atom. The van der Waals surface area contributed by atoms with Crippen LogP contribution >= 0.6 is 0 Å². The summed E-state index contributed by atoms with van der Waals surface area (Å²) in [6.45, 7) is 1.68. The van der Waals surface area contributed by atoms with Crippen molar-refractivity contribution in [1.29, 1.82) is 0 Å². The van der Waals surface area contributed by atoms with Gasteiger partial charge in [-0.25, -0.2) is 4.39 Å². The van der Waals surface area contributed by atoms with Crippen molar-refractivity contribution >= 4 is 11.6 Å². The van der Waals surface area contributed by atoms with E-state index in [-0.39, 0.29) is 11.3 Å². The van der Waals surface area contributed by atoms with Gasteiger partial charge in [0.1, 0.15) is 17.1 Å². The topological polar surface area (TPSA) is 52.6 Å². The number of carbonyl (C=O) groups excluding carboxylic acids is 1. The van der Waals surface area contributed by atoms with Crippen molar-refractivity contribution in [2.75, 3.05) is 18.0 Å². The highest BCUT2D eigenvalue weighted by atomic mass is 19.1. The largest absolute Gasteiger partial charge is 0.507 e. The summed E-state index contributed by atoms with van der Waals surface area (Å²) in [6.07, 6.45) is 0. The molecule has 2 aromatic carbocycles. The first-order valence-electron chi connectivity index (χ1n) is 6.76. The molecule has 1 amide bonds. The molecule has 0 saturated heterocycles. The number of phenolic OH excluding ortho intramolecular Hbond substituents is 1. The van der Waals surface area contributed by atoms with E-state index >= 15 is 0 Å². The number of nitrogens with one attached hydrogen (secondary N) is 1. The van der Waals surface area contributed by atoms with Crippen molar-refractivity contribution in [2.45, 2.75) is 6.54 Å². The Balaban J connectivity index is 2.06. The number of phenols is 1. The lowest BCUT2D eigenvalue weighted by atomic mass is 10.1. The molecule has 0 atom stereocenters. The molecule has 4 nitrogen and oxygen atoms in total. The van der Waals surface area contributed by atoms with Crippen LogP contribution < -0.4 is 10.2 Å². The normalized spacial score (nSPS) is 14.4. The van der Waals surface area contributed by atoms with Crippen LogP contribution in [0.1, 0.15) is 15.9 Å². The number of amides is 1. The third kappa shape index (κ3) is 2.48. The van der Waals surface area contributed by atoms with Gasteiger partial charge in [-0.05, 0) is 23.8 Å². The number of aromatic hydroxyl groups is 1. The average molecular weight is 286 g/mol. The predicted molar refractivity (Wildman–Crippen MR) is 77.9 cm³/mol. The van der Waals surface area contributed by atoms with Crippen LogP contribution in [-0.4, -0.2) is 24.1 Å². The first-order chi connectivity index (χ1) is 10.2. The van der Waals surface area contributed by atoms with Crippen molar-refractivity contribution in [2.24, 2.45) is 0 Å². The number of anilines is 1. The summed E-state index contributed by atoms with van der Waals surface area (Å²) in [5.74, 6) is -1.58. The summed E-state index contributed by atoms with van der Waals surface area (Å²) in [4.78, 5) is 14.2. The number of rotatable bonds is 1. The number of para-hydroxylation sites is 1. The van der Waals surface area contributed by atoms with Gasteiger partial charge in [-0.2, -0.15) is 0 Å². The molecule has 2 aromatic rings. The van der Waals surface area contributed by atoms with E-state index < -0.39 is 11.7 Å². The first-order valence-corrected chi connectivity index (χ1v) is 6.76. The summed E-state index contributed by atoms with van der Waals surface area (Å²) in [7, 11) is 0. The van der Waals surface area contributed by atoms with E-state index in [2.05, 4.69) is 5.32 Å². The van der Waals surface area contributed by atoms with Crippen LogP contribution in [0.3, 0.4) is 0 Å². The maximum Gasteiger partial charge on any atom is 0.265 e. The molecule has 0 aromatic heterocycles. The number of nitrogens with zero attached hydrogens (tertiary/aromatic N) is 1. The fourth-order valence-electron chi connectivity index (χ4n) is 2.53. The van der Waals surface area contributed by atoms with Crippen LogP contribution in [0.25, 0.3) is 0 Å². The van der Waals surface area contributed by atoms with Gasteiger partial charge in [0.15, 0.2) is 0 Å². The molecule has 0 aliphatic carbocycles. The van der Waals surface area contributed by atoms with Gasteiger partial charge in [-0.1, -0.05) is 24.3 Å². The lowest BCUT2D eigenvalue weighted by Gasteiger charge is -2.23. The van der Waals surface area contributed by atoms with Crippen molar-refractivity contribution in [3.8, 4) is 5.75 Å². The number of carbonyl (C=O) groups is 1. The number of benzene rings is 2. The molecule has 1 aliphatic heterocycles. The van der Waals surface area contributed by atoms with E-state index in [1.54, 1.807) is 0 Å². The van der Waals surface area contributed by atoms with Crippen LogP contribution in [0.4, 0.5) is 10.1 Å². The Kier molecular flexibility index (Phi) is 3.58. The highest BCUT2D eigenvalue weighted by Gasteiger charge is 2.26. The van der Waals surface area contributed by atoms with Crippen molar-refractivity contribution in [3.05, 3.63) is 59.4 Å². The number of fused-ring (bicyclic) bond motifs is 1. The first kappa shape index (κ1) is 13.6. The van der Waals surface area contributed by atoms with E-state index in [0.29, 0.717) is 19.6 Å². The van der Waals surface area contributed by atoms with Crippen LogP contribution in [0.5, 0.6) is 5.75 Å². The molecule has 1 heterocycles. The Labute approximate surface area is 121 Å². The standard InChI is InChI=1S/C16H15FN2O2/c17-12-5-3-7-14(20)15(12)16(21)19-9-8-18-10-11-4-1-2-6-13(11)19/h1-7,18,20H,8-10H2. The third-order valence-electron chi connectivity index (χ3n) is 3.56. The number of hydrogen-bond acceptors (Lipinski definition) is 3. The van der Waals surface area contributed by atoms with Crippen molar-refractivity contribution in [1.82, 2.24) is 5.32 Å². The molecule has 0 bridgehead atoms. The second-order valence-corrected chi connectivity index (χ2v) is 4.90. The minimum Gasteiger partial charge on any atom is -0.507 e. The summed E-state index contributed by atoms with van der Waals surface area (Å²) in [5, 5.41) is 13.0. The van der Waals surface area contributed by atoms with E-state index in [1.807, 2.05) is 24.3 Å². The second kappa shape index (κ2) is 5.54.